The van der Waals surface area contributed by atoms with Gasteiger partial charge in [0, 0.05) is 24.2 Å². The number of hydrogen-bond donors (Lipinski definition) is 1. The molecule has 1 amide bonds. The van der Waals surface area contributed by atoms with Gasteiger partial charge in [-0.25, -0.2) is 0 Å². The minimum Gasteiger partial charge on any atom is -0.328 e. The van der Waals surface area contributed by atoms with E-state index in [0.717, 1.165) is 5.69 Å². The van der Waals surface area contributed by atoms with Crippen molar-refractivity contribution in [3.05, 3.63) is 30.1 Å². The second-order valence-corrected chi connectivity index (χ2v) is 5.50. The van der Waals surface area contributed by atoms with Gasteiger partial charge in [-0.1, -0.05) is 6.07 Å². The predicted molar refractivity (Wildman–Crippen MR) is 66.2 cm³/mol. The summed E-state index contributed by atoms with van der Waals surface area (Å²) in [5, 5.41) is 0. The van der Waals surface area contributed by atoms with E-state index < -0.39 is 0 Å². The Balaban J connectivity index is 2.40. The van der Waals surface area contributed by atoms with Crippen molar-refractivity contribution in [1.29, 1.82) is 0 Å². The Morgan fingerprint density at radius 2 is 2.12 bits per heavy atom. The number of aromatic nitrogens is 1. The zero-order chi connectivity index (χ0) is 12.6. The number of nitrogens with zero attached hydrogens (tertiary/aromatic N) is 2. The summed E-state index contributed by atoms with van der Waals surface area (Å²) >= 11 is 0. The first-order valence-corrected chi connectivity index (χ1v) is 5.90. The number of carbonyl (C=O) groups is 1. The van der Waals surface area contributed by atoms with E-state index in [1.54, 1.807) is 6.20 Å². The van der Waals surface area contributed by atoms with Gasteiger partial charge in [0.15, 0.2) is 0 Å². The normalized spacial score (nSPS) is 25.4. The molecule has 0 radical (unpaired) electrons. The van der Waals surface area contributed by atoms with Crippen molar-refractivity contribution in [3.63, 3.8) is 0 Å². The Labute approximate surface area is 102 Å². The first-order valence-electron chi connectivity index (χ1n) is 5.90. The number of rotatable bonds is 1. The molecule has 1 fully saturated rings. The third-order valence-electron chi connectivity index (χ3n) is 3.08. The van der Waals surface area contributed by atoms with Gasteiger partial charge < -0.3 is 10.6 Å². The van der Waals surface area contributed by atoms with Gasteiger partial charge in [0.2, 0.25) is 5.91 Å². The van der Waals surface area contributed by atoms with Gasteiger partial charge in [-0.3, -0.25) is 9.78 Å². The average molecular weight is 233 g/mol. The fraction of sp³-hybridized carbons (Fsp3) is 0.538. The van der Waals surface area contributed by atoms with Crippen molar-refractivity contribution in [2.45, 2.75) is 44.8 Å². The van der Waals surface area contributed by atoms with Crippen molar-refractivity contribution >= 4 is 5.91 Å². The fourth-order valence-corrected chi connectivity index (χ4v) is 2.45. The van der Waals surface area contributed by atoms with Crippen LogP contribution in [0.5, 0.6) is 0 Å². The number of hydrogen-bond acceptors (Lipinski definition) is 3. The van der Waals surface area contributed by atoms with Gasteiger partial charge in [-0.15, -0.1) is 0 Å². The zero-order valence-electron chi connectivity index (χ0n) is 10.6. The molecule has 2 heterocycles. The quantitative estimate of drug-likeness (QED) is 0.799. The third-order valence-corrected chi connectivity index (χ3v) is 3.08. The topological polar surface area (TPSA) is 59.2 Å². The van der Waals surface area contributed by atoms with Gasteiger partial charge in [0.1, 0.15) is 0 Å². The van der Waals surface area contributed by atoms with Crippen molar-refractivity contribution in [3.8, 4) is 0 Å². The SMILES string of the molecule is CC(C)(C)N1C(=O)CC(N)C1c1ccccn1. The maximum atomic E-state index is 12.0. The summed E-state index contributed by atoms with van der Waals surface area (Å²) in [4.78, 5) is 18.2. The Hall–Kier alpha value is -1.42. The molecular weight excluding hydrogens is 214 g/mol. The largest absolute Gasteiger partial charge is 0.328 e. The summed E-state index contributed by atoms with van der Waals surface area (Å²) in [5.41, 5.74) is 6.73. The second-order valence-electron chi connectivity index (χ2n) is 5.50. The van der Waals surface area contributed by atoms with E-state index >= 15 is 0 Å². The molecule has 0 spiro atoms. The first kappa shape index (κ1) is 12.0. The highest BCUT2D eigenvalue weighted by atomic mass is 16.2. The average Bonchev–Trinajstić information content (AvgIpc) is 2.54. The lowest BCUT2D eigenvalue weighted by Crippen LogP contribution is -2.45. The van der Waals surface area contributed by atoms with E-state index in [2.05, 4.69) is 4.98 Å². The molecule has 0 aromatic carbocycles. The third kappa shape index (κ3) is 2.17. The van der Waals surface area contributed by atoms with Crippen LogP contribution < -0.4 is 5.73 Å². The molecule has 2 rings (SSSR count). The Morgan fingerprint density at radius 1 is 1.41 bits per heavy atom. The lowest BCUT2D eigenvalue weighted by molar-refractivity contribution is -0.133. The van der Waals surface area contributed by atoms with Crippen molar-refractivity contribution in [1.82, 2.24) is 9.88 Å². The summed E-state index contributed by atoms with van der Waals surface area (Å²) in [6.07, 6.45) is 2.14. The molecule has 1 aromatic rings. The molecule has 0 bridgehead atoms. The molecule has 4 heteroatoms. The van der Waals surface area contributed by atoms with E-state index in [1.165, 1.54) is 0 Å². The van der Waals surface area contributed by atoms with Crippen LogP contribution in [0, 0.1) is 0 Å². The molecule has 1 aliphatic heterocycles. The van der Waals surface area contributed by atoms with Gasteiger partial charge in [-0.05, 0) is 32.9 Å². The number of likely N-dealkylation sites (tertiary alicyclic amines) is 1. The predicted octanol–water partition coefficient (Wildman–Crippen LogP) is 1.48. The Bertz CT molecular complexity index is 410. The van der Waals surface area contributed by atoms with Crippen LogP contribution in [0.3, 0.4) is 0 Å². The van der Waals surface area contributed by atoms with Gasteiger partial charge in [-0.2, -0.15) is 0 Å². The number of carbonyl (C=O) groups excluding carboxylic acids is 1. The van der Waals surface area contributed by atoms with Crippen LogP contribution in [-0.2, 0) is 4.79 Å². The number of nitrogens with two attached hydrogens (primary N) is 1. The minimum atomic E-state index is -0.229. The van der Waals surface area contributed by atoms with Gasteiger partial charge in [0.05, 0.1) is 11.7 Å². The molecule has 2 atom stereocenters. The maximum Gasteiger partial charge on any atom is 0.225 e. The van der Waals surface area contributed by atoms with Crippen LogP contribution >= 0.6 is 0 Å². The molecule has 92 valence electrons. The highest BCUT2D eigenvalue weighted by Gasteiger charge is 2.44. The van der Waals surface area contributed by atoms with Gasteiger partial charge >= 0.3 is 0 Å². The first-order chi connectivity index (χ1) is 7.91. The van der Waals surface area contributed by atoms with Crippen LogP contribution in [0.1, 0.15) is 38.9 Å². The van der Waals surface area contributed by atoms with Crippen molar-refractivity contribution < 1.29 is 4.79 Å². The van der Waals surface area contributed by atoms with Gasteiger partial charge in [0.25, 0.3) is 0 Å². The van der Waals surface area contributed by atoms with Crippen LogP contribution in [0.15, 0.2) is 24.4 Å². The van der Waals surface area contributed by atoms with Crippen LogP contribution in [-0.4, -0.2) is 27.4 Å². The van der Waals surface area contributed by atoms with Crippen LogP contribution in [0.2, 0.25) is 0 Å². The molecule has 17 heavy (non-hydrogen) atoms. The monoisotopic (exact) mass is 233 g/mol. The number of pyridine rings is 1. The molecule has 0 saturated carbocycles. The van der Waals surface area contributed by atoms with Crippen LogP contribution in [0.25, 0.3) is 0 Å². The zero-order valence-corrected chi connectivity index (χ0v) is 10.6. The maximum absolute atomic E-state index is 12.0. The summed E-state index contributed by atoms with van der Waals surface area (Å²) in [7, 11) is 0. The molecule has 4 nitrogen and oxygen atoms in total. The fourth-order valence-electron chi connectivity index (χ4n) is 2.45. The second kappa shape index (κ2) is 4.11. The highest BCUT2D eigenvalue weighted by Crippen LogP contribution is 2.36. The van der Waals surface area contributed by atoms with E-state index in [-0.39, 0.29) is 23.5 Å². The number of amides is 1. The Morgan fingerprint density at radius 3 is 2.65 bits per heavy atom. The molecule has 2 unspecified atom stereocenters. The van der Waals surface area contributed by atoms with Crippen molar-refractivity contribution in [2.24, 2.45) is 5.73 Å². The van der Waals surface area contributed by atoms with E-state index in [1.807, 2.05) is 43.9 Å². The molecular formula is C13H19N3O. The summed E-state index contributed by atoms with van der Waals surface area (Å²) in [5.74, 6) is 0.112. The highest BCUT2D eigenvalue weighted by molar-refractivity contribution is 5.81. The van der Waals surface area contributed by atoms with E-state index in [0.29, 0.717) is 6.42 Å². The van der Waals surface area contributed by atoms with Crippen molar-refractivity contribution in [2.75, 3.05) is 0 Å². The summed E-state index contributed by atoms with van der Waals surface area (Å²) < 4.78 is 0. The standard InChI is InChI=1S/C13H19N3O/c1-13(2,3)16-11(17)8-9(14)12(16)10-6-4-5-7-15-10/h4-7,9,12H,8,14H2,1-3H3. The molecule has 0 aliphatic carbocycles. The summed E-state index contributed by atoms with van der Waals surface area (Å²) in [6, 6.07) is 5.45. The molecule has 1 aromatic heterocycles. The lowest BCUT2D eigenvalue weighted by Gasteiger charge is -2.37. The Kier molecular flexibility index (Phi) is 2.91. The smallest absolute Gasteiger partial charge is 0.225 e. The summed E-state index contributed by atoms with van der Waals surface area (Å²) in [6.45, 7) is 6.08. The van der Waals surface area contributed by atoms with E-state index in [9.17, 15) is 4.79 Å². The van der Waals surface area contributed by atoms with Crippen LogP contribution in [0.4, 0.5) is 0 Å². The van der Waals surface area contributed by atoms with E-state index in [4.69, 9.17) is 5.73 Å². The molecule has 1 aliphatic rings. The molecule has 1 saturated heterocycles. The minimum absolute atomic E-state index is 0.108. The molecule has 2 N–H and O–H groups in total. The lowest BCUT2D eigenvalue weighted by atomic mass is 10.0.